The van der Waals surface area contributed by atoms with Gasteiger partial charge in [-0.15, -0.1) is 0 Å². The molecule has 5 nitrogen and oxygen atoms in total. The van der Waals surface area contributed by atoms with Gasteiger partial charge in [0.25, 0.3) is 0 Å². The van der Waals surface area contributed by atoms with Crippen molar-refractivity contribution in [2.75, 3.05) is 6.61 Å². The van der Waals surface area contributed by atoms with Crippen molar-refractivity contribution in [3.05, 3.63) is 29.8 Å². The third kappa shape index (κ3) is 4.45. The summed E-state index contributed by atoms with van der Waals surface area (Å²) in [6, 6.07) is 6.29. The number of ether oxygens (including phenoxy) is 1. The highest BCUT2D eigenvalue weighted by Crippen LogP contribution is 2.13. The van der Waals surface area contributed by atoms with E-state index in [1.54, 1.807) is 24.3 Å². The molecule has 0 radical (unpaired) electrons. The van der Waals surface area contributed by atoms with Gasteiger partial charge in [-0.1, -0.05) is 19.1 Å². The molecule has 0 aromatic heterocycles. The van der Waals surface area contributed by atoms with E-state index >= 15 is 0 Å². The maximum atomic E-state index is 10.9. The van der Waals surface area contributed by atoms with Crippen LogP contribution in [0.2, 0.25) is 0 Å². The topological polar surface area (TPSA) is 75.6 Å². The predicted molar refractivity (Wildman–Crippen MR) is 66.6 cm³/mol. The molecule has 2 N–H and O–H groups in total. The fraction of sp³-hybridized carbons (Fsp3) is 0.385. The van der Waals surface area contributed by atoms with E-state index in [2.05, 4.69) is 5.32 Å². The Morgan fingerprint density at radius 3 is 2.61 bits per heavy atom. The molecule has 1 rings (SSSR count). The summed E-state index contributed by atoms with van der Waals surface area (Å²) in [4.78, 5) is 21.1. The number of carbonyl (C=O) groups excluding carboxylic acids is 1. The summed E-state index contributed by atoms with van der Waals surface area (Å²) in [5, 5.41) is 11.2. The third-order valence-electron chi connectivity index (χ3n) is 2.40. The summed E-state index contributed by atoms with van der Waals surface area (Å²) < 4.78 is 5.42. The van der Waals surface area contributed by atoms with Gasteiger partial charge in [-0.2, -0.15) is 0 Å². The van der Waals surface area contributed by atoms with Crippen molar-refractivity contribution in [2.24, 2.45) is 0 Å². The minimum Gasteiger partial charge on any atom is -0.494 e. The van der Waals surface area contributed by atoms with Crippen LogP contribution in [0.5, 0.6) is 5.75 Å². The molecular formula is C13H17NO4. The van der Waals surface area contributed by atoms with E-state index in [-0.39, 0.29) is 6.42 Å². The zero-order chi connectivity index (χ0) is 13.4. The summed E-state index contributed by atoms with van der Waals surface area (Å²) in [6.45, 7) is 2.68. The highest BCUT2D eigenvalue weighted by molar-refractivity contribution is 5.76. The highest BCUT2D eigenvalue weighted by atomic mass is 16.5. The molecule has 0 bridgehead atoms. The number of carbonyl (C=O) groups is 2. The second-order valence-electron chi connectivity index (χ2n) is 3.87. The molecule has 0 fully saturated rings. The molecule has 18 heavy (non-hydrogen) atoms. The van der Waals surface area contributed by atoms with E-state index in [1.807, 2.05) is 6.92 Å². The van der Waals surface area contributed by atoms with Crippen LogP contribution in [0.15, 0.2) is 24.3 Å². The first kappa shape index (κ1) is 14.0. The number of carboxylic acid groups (broad SMARTS) is 1. The normalized spacial score (nSPS) is 11.6. The molecule has 0 heterocycles. The second kappa shape index (κ2) is 7.32. The largest absolute Gasteiger partial charge is 0.494 e. The first-order valence-corrected chi connectivity index (χ1v) is 5.81. The van der Waals surface area contributed by atoms with Gasteiger partial charge in [0.15, 0.2) is 0 Å². The number of nitrogens with one attached hydrogen (secondary N) is 1. The van der Waals surface area contributed by atoms with Crippen molar-refractivity contribution >= 4 is 12.4 Å². The van der Waals surface area contributed by atoms with Crippen molar-refractivity contribution in [1.29, 1.82) is 0 Å². The fourth-order valence-electron chi connectivity index (χ4n) is 1.48. The van der Waals surface area contributed by atoms with Gasteiger partial charge in [-0.3, -0.25) is 4.79 Å². The standard InChI is InChI=1S/C13H17NO4/c1-2-7-18-11-5-3-10(4-6-11)8-12(13(16)17)14-9-15/h3-6,9,12H,2,7-8H2,1H3,(H,14,15)(H,16,17). The van der Waals surface area contributed by atoms with Crippen LogP contribution in [0, 0.1) is 0 Å². The van der Waals surface area contributed by atoms with Crippen LogP contribution in [0.3, 0.4) is 0 Å². The average Bonchev–Trinajstić information content (AvgIpc) is 2.37. The minimum absolute atomic E-state index is 0.252. The molecule has 98 valence electrons. The Labute approximate surface area is 106 Å². The number of hydrogen-bond acceptors (Lipinski definition) is 3. The molecule has 1 unspecified atom stereocenters. The van der Waals surface area contributed by atoms with Gasteiger partial charge < -0.3 is 15.2 Å². The molecule has 1 aromatic carbocycles. The minimum atomic E-state index is -1.05. The first-order chi connectivity index (χ1) is 8.67. The summed E-state index contributed by atoms with van der Waals surface area (Å²) in [6.07, 6.45) is 1.59. The summed E-state index contributed by atoms with van der Waals surface area (Å²) in [5.74, 6) is -0.288. The van der Waals surface area contributed by atoms with Crippen molar-refractivity contribution in [3.63, 3.8) is 0 Å². The Morgan fingerprint density at radius 2 is 2.11 bits per heavy atom. The van der Waals surface area contributed by atoms with Gasteiger partial charge in [0, 0.05) is 6.42 Å². The van der Waals surface area contributed by atoms with Gasteiger partial charge in [-0.05, 0) is 24.1 Å². The van der Waals surface area contributed by atoms with Crippen LogP contribution in [0.25, 0.3) is 0 Å². The number of amides is 1. The molecule has 1 amide bonds. The van der Waals surface area contributed by atoms with Gasteiger partial charge in [0.2, 0.25) is 6.41 Å². The van der Waals surface area contributed by atoms with E-state index in [0.29, 0.717) is 13.0 Å². The SMILES string of the molecule is CCCOc1ccc(CC(NC=O)C(=O)O)cc1. The number of rotatable bonds is 8. The molecule has 1 aromatic rings. The Kier molecular flexibility index (Phi) is 5.70. The van der Waals surface area contributed by atoms with Crippen LogP contribution in [-0.4, -0.2) is 30.1 Å². The zero-order valence-corrected chi connectivity index (χ0v) is 10.3. The number of benzene rings is 1. The van der Waals surface area contributed by atoms with E-state index in [1.165, 1.54) is 0 Å². The van der Waals surface area contributed by atoms with E-state index in [0.717, 1.165) is 17.7 Å². The van der Waals surface area contributed by atoms with Crippen LogP contribution in [-0.2, 0) is 16.0 Å². The third-order valence-corrected chi connectivity index (χ3v) is 2.40. The van der Waals surface area contributed by atoms with Crippen molar-refractivity contribution < 1.29 is 19.4 Å². The lowest BCUT2D eigenvalue weighted by Gasteiger charge is -2.11. The van der Waals surface area contributed by atoms with Gasteiger partial charge in [-0.25, -0.2) is 4.79 Å². The molecule has 0 saturated heterocycles. The Balaban J connectivity index is 2.61. The molecular weight excluding hydrogens is 234 g/mol. The van der Waals surface area contributed by atoms with Gasteiger partial charge >= 0.3 is 5.97 Å². The van der Waals surface area contributed by atoms with Crippen LogP contribution >= 0.6 is 0 Å². The second-order valence-corrected chi connectivity index (χ2v) is 3.87. The fourth-order valence-corrected chi connectivity index (χ4v) is 1.48. The van der Waals surface area contributed by atoms with Crippen LogP contribution in [0.4, 0.5) is 0 Å². The molecule has 0 spiro atoms. The summed E-state index contributed by atoms with van der Waals surface area (Å²) in [7, 11) is 0. The van der Waals surface area contributed by atoms with Crippen molar-refractivity contribution in [1.82, 2.24) is 5.32 Å². The van der Waals surface area contributed by atoms with Crippen LogP contribution in [0.1, 0.15) is 18.9 Å². The lowest BCUT2D eigenvalue weighted by molar-refractivity contribution is -0.140. The maximum absolute atomic E-state index is 10.9. The maximum Gasteiger partial charge on any atom is 0.326 e. The lowest BCUT2D eigenvalue weighted by Crippen LogP contribution is -2.37. The molecule has 1 atom stereocenters. The molecule has 0 aliphatic rings. The Hall–Kier alpha value is -2.04. The first-order valence-electron chi connectivity index (χ1n) is 5.81. The number of aliphatic carboxylic acids is 1. The highest BCUT2D eigenvalue weighted by Gasteiger charge is 2.16. The monoisotopic (exact) mass is 251 g/mol. The average molecular weight is 251 g/mol. The quantitative estimate of drug-likeness (QED) is 0.681. The van der Waals surface area contributed by atoms with E-state index < -0.39 is 12.0 Å². The lowest BCUT2D eigenvalue weighted by atomic mass is 10.1. The molecule has 0 aliphatic heterocycles. The number of carboxylic acids is 1. The van der Waals surface area contributed by atoms with Gasteiger partial charge in [0.05, 0.1) is 6.61 Å². The van der Waals surface area contributed by atoms with Crippen LogP contribution < -0.4 is 10.1 Å². The predicted octanol–water partition coefficient (Wildman–Crippen LogP) is 1.22. The van der Waals surface area contributed by atoms with E-state index in [4.69, 9.17) is 9.84 Å². The molecule has 5 heteroatoms. The van der Waals surface area contributed by atoms with E-state index in [9.17, 15) is 9.59 Å². The summed E-state index contributed by atoms with van der Waals surface area (Å²) in [5.41, 5.74) is 0.834. The Bertz CT molecular complexity index is 388. The van der Waals surface area contributed by atoms with Crippen molar-refractivity contribution in [2.45, 2.75) is 25.8 Å². The molecule has 0 aliphatic carbocycles. The van der Waals surface area contributed by atoms with Crippen molar-refractivity contribution in [3.8, 4) is 5.75 Å². The zero-order valence-electron chi connectivity index (χ0n) is 10.3. The number of hydrogen-bond donors (Lipinski definition) is 2. The molecule has 0 saturated carbocycles. The smallest absolute Gasteiger partial charge is 0.326 e. The van der Waals surface area contributed by atoms with Gasteiger partial charge in [0.1, 0.15) is 11.8 Å². The Morgan fingerprint density at radius 1 is 1.44 bits per heavy atom. The summed E-state index contributed by atoms with van der Waals surface area (Å²) >= 11 is 0.